The van der Waals surface area contributed by atoms with Gasteiger partial charge in [-0.05, 0) is 56.2 Å². The van der Waals surface area contributed by atoms with Crippen molar-refractivity contribution in [3.05, 3.63) is 52.4 Å². The number of likely N-dealkylation sites (tertiary alicyclic amines) is 1. The van der Waals surface area contributed by atoms with Crippen LogP contribution in [0.25, 0.3) is 11.8 Å². The molecule has 0 unspecified atom stereocenters. The highest BCUT2D eigenvalue weighted by Gasteiger charge is 2.23. The molecule has 1 aliphatic heterocycles. The lowest BCUT2D eigenvalue weighted by Gasteiger charge is -2.11. The van der Waals surface area contributed by atoms with Crippen LogP contribution in [0.3, 0.4) is 0 Å². The standard InChI is InChI=1S/C19H20N2O4/c1-11-8-14(9-13-6-7-20(3)18(13)23)12(2)21(11)15-4-5-17(22)16(10-15)19(24)25/h4-5,8-10,22H,6-7H2,1-3H3,(H,24,25)/b13-9-. The first-order valence-corrected chi connectivity index (χ1v) is 8.01. The molecule has 0 spiro atoms. The Kier molecular flexibility index (Phi) is 4.12. The summed E-state index contributed by atoms with van der Waals surface area (Å²) in [6.45, 7) is 4.57. The largest absolute Gasteiger partial charge is 0.507 e. The number of phenols is 1. The van der Waals surface area contributed by atoms with E-state index in [0.29, 0.717) is 5.69 Å². The number of amides is 1. The number of carboxylic acids is 1. The van der Waals surface area contributed by atoms with Crippen molar-refractivity contribution < 1.29 is 19.8 Å². The summed E-state index contributed by atoms with van der Waals surface area (Å²) in [4.78, 5) is 25.1. The molecule has 6 nitrogen and oxygen atoms in total. The van der Waals surface area contributed by atoms with Gasteiger partial charge in [0.25, 0.3) is 0 Å². The summed E-state index contributed by atoms with van der Waals surface area (Å²) < 4.78 is 1.92. The number of carbonyl (C=O) groups excluding carboxylic acids is 1. The Labute approximate surface area is 145 Å². The number of nitrogens with zero attached hydrogens (tertiary/aromatic N) is 2. The molecule has 1 aromatic carbocycles. The van der Waals surface area contributed by atoms with Crippen LogP contribution >= 0.6 is 0 Å². The summed E-state index contributed by atoms with van der Waals surface area (Å²) in [6, 6.07) is 6.47. The third-order valence-electron chi connectivity index (χ3n) is 4.61. The van der Waals surface area contributed by atoms with Gasteiger partial charge >= 0.3 is 5.97 Å². The van der Waals surface area contributed by atoms with Crippen LogP contribution in [0.2, 0.25) is 0 Å². The summed E-state index contributed by atoms with van der Waals surface area (Å²) in [7, 11) is 1.79. The van der Waals surface area contributed by atoms with Crippen molar-refractivity contribution in [1.29, 1.82) is 0 Å². The van der Waals surface area contributed by atoms with E-state index in [0.717, 1.165) is 35.5 Å². The Morgan fingerprint density at radius 3 is 2.56 bits per heavy atom. The Morgan fingerprint density at radius 1 is 1.24 bits per heavy atom. The number of aromatic nitrogens is 1. The zero-order valence-corrected chi connectivity index (χ0v) is 14.4. The van der Waals surface area contributed by atoms with E-state index in [2.05, 4.69) is 0 Å². The number of rotatable bonds is 3. The van der Waals surface area contributed by atoms with Crippen LogP contribution in [0.1, 0.15) is 33.7 Å². The van der Waals surface area contributed by atoms with Gasteiger partial charge in [-0.1, -0.05) is 0 Å². The Morgan fingerprint density at radius 2 is 1.96 bits per heavy atom. The Bertz CT molecular complexity index is 908. The minimum Gasteiger partial charge on any atom is -0.507 e. The monoisotopic (exact) mass is 340 g/mol. The van der Waals surface area contributed by atoms with Gasteiger partial charge in [0.2, 0.25) is 5.91 Å². The summed E-state index contributed by atoms with van der Waals surface area (Å²) >= 11 is 0. The van der Waals surface area contributed by atoms with Gasteiger partial charge in [-0.2, -0.15) is 0 Å². The minimum absolute atomic E-state index is 0.0441. The Balaban J connectivity index is 2.07. The van der Waals surface area contributed by atoms with E-state index in [1.807, 2.05) is 30.6 Å². The fraction of sp³-hybridized carbons (Fsp3) is 0.263. The minimum atomic E-state index is -1.18. The predicted octanol–water partition coefficient (Wildman–Crippen LogP) is 2.74. The molecular weight excluding hydrogens is 320 g/mol. The van der Waals surface area contributed by atoms with E-state index in [4.69, 9.17) is 0 Å². The second-order valence-electron chi connectivity index (χ2n) is 6.31. The van der Waals surface area contributed by atoms with Crippen molar-refractivity contribution in [3.8, 4) is 11.4 Å². The predicted molar refractivity (Wildman–Crippen MR) is 94.1 cm³/mol. The molecule has 2 heterocycles. The average molecular weight is 340 g/mol. The normalized spacial score (nSPS) is 16.0. The number of hydrogen-bond acceptors (Lipinski definition) is 3. The topological polar surface area (TPSA) is 82.8 Å². The van der Waals surface area contributed by atoms with Gasteiger partial charge in [0, 0.05) is 36.2 Å². The van der Waals surface area contributed by atoms with E-state index in [-0.39, 0.29) is 17.2 Å². The number of carboxylic acid groups (broad SMARTS) is 1. The van der Waals surface area contributed by atoms with Gasteiger partial charge in [-0.3, -0.25) is 4.79 Å². The molecule has 25 heavy (non-hydrogen) atoms. The third kappa shape index (κ3) is 2.91. The molecule has 0 bridgehead atoms. The van der Waals surface area contributed by atoms with E-state index in [1.54, 1.807) is 18.0 Å². The van der Waals surface area contributed by atoms with Crippen molar-refractivity contribution in [3.63, 3.8) is 0 Å². The van der Waals surface area contributed by atoms with Crippen LogP contribution in [0.5, 0.6) is 5.75 Å². The molecule has 0 saturated carbocycles. The molecular formula is C19H20N2O4. The lowest BCUT2D eigenvalue weighted by molar-refractivity contribution is -0.123. The highest BCUT2D eigenvalue weighted by atomic mass is 16.4. The van der Waals surface area contributed by atoms with Crippen LogP contribution in [-0.4, -0.2) is 45.1 Å². The van der Waals surface area contributed by atoms with Gasteiger partial charge in [0.15, 0.2) is 0 Å². The van der Waals surface area contributed by atoms with Crippen LogP contribution in [0, 0.1) is 13.8 Å². The van der Waals surface area contributed by atoms with Gasteiger partial charge in [-0.25, -0.2) is 4.79 Å². The van der Waals surface area contributed by atoms with E-state index >= 15 is 0 Å². The highest BCUT2D eigenvalue weighted by Crippen LogP contribution is 2.28. The molecule has 2 N–H and O–H groups in total. The van der Waals surface area contributed by atoms with E-state index in [9.17, 15) is 19.8 Å². The second kappa shape index (κ2) is 6.12. The molecule has 0 radical (unpaired) electrons. The van der Waals surface area contributed by atoms with Crippen molar-refractivity contribution in [2.45, 2.75) is 20.3 Å². The first kappa shape index (κ1) is 16.8. The lowest BCUT2D eigenvalue weighted by atomic mass is 10.1. The first-order chi connectivity index (χ1) is 11.8. The molecule has 1 amide bonds. The zero-order chi connectivity index (χ0) is 18.3. The molecule has 6 heteroatoms. The number of carbonyl (C=O) groups is 2. The quantitative estimate of drug-likeness (QED) is 0.842. The number of hydrogen-bond donors (Lipinski definition) is 2. The van der Waals surface area contributed by atoms with E-state index in [1.165, 1.54) is 12.1 Å². The maximum Gasteiger partial charge on any atom is 0.339 e. The number of aromatic carboxylic acids is 1. The lowest BCUT2D eigenvalue weighted by Crippen LogP contribution is -2.18. The molecule has 1 aromatic heterocycles. The maximum absolute atomic E-state index is 12.1. The second-order valence-corrected chi connectivity index (χ2v) is 6.31. The van der Waals surface area contributed by atoms with Gasteiger partial charge in [0.05, 0.1) is 0 Å². The summed E-state index contributed by atoms with van der Waals surface area (Å²) in [5.41, 5.74) is 4.06. The number of likely N-dealkylation sites (N-methyl/N-ethyl adjacent to an activating group) is 1. The smallest absolute Gasteiger partial charge is 0.339 e. The molecule has 1 fully saturated rings. The number of benzene rings is 1. The van der Waals surface area contributed by atoms with Crippen LogP contribution < -0.4 is 0 Å². The molecule has 130 valence electrons. The fourth-order valence-electron chi connectivity index (χ4n) is 3.23. The number of aryl methyl sites for hydroxylation is 1. The summed E-state index contributed by atoms with van der Waals surface area (Å²) in [5.74, 6) is -1.40. The molecule has 1 aliphatic rings. The van der Waals surface area contributed by atoms with Crippen molar-refractivity contribution >= 4 is 18.0 Å². The molecule has 0 aliphatic carbocycles. The molecule has 2 aromatic rings. The number of aromatic hydroxyl groups is 1. The van der Waals surface area contributed by atoms with Crippen molar-refractivity contribution in [2.24, 2.45) is 0 Å². The fourth-order valence-corrected chi connectivity index (χ4v) is 3.23. The average Bonchev–Trinajstić information content (AvgIpc) is 3.01. The van der Waals surface area contributed by atoms with Crippen LogP contribution in [-0.2, 0) is 4.79 Å². The summed E-state index contributed by atoms with van der Waals surface area (Å²) in [5, 5.41) is 18.9. The Hall–Kier alpha value is -3.02. The SMILES string of the molecule is Cc1cc(/C=C2/CCN(C)C2=O)c(C)n1-c1ccc(O)c(C(=O)O)c1. The van der Waals surface area contributed by atoms with Crippen molar-refractivity contribution in [2.75, 3.05) is 13.6 Å². The zero-order valence-electron chi connectivity index (χ0n) is 14.4. The summed E-state index contributed by atoms with van der Waals surface area (Å²) in [6.07, 6.45) is 2.63. The van der Waals surface area contributed by atoms with Crippen LogP contribution in [0.15, 0.2) is 29.8 Å². The van der Waals surface area contributed by atoms with Crippen LogP contribution in [0.4, 0.5) is 0 Å². The molecule has 3 rings (SSSR count). The van der Waals surface area contributed by atoms with Gasteiger partial charge in [0.1, 0.15) is 11.3 Å². The highest BCUT2D eigenvalue weighted by molar-refractivity contribution is 5.99. The maximum atomic E-state index is 12.1. The molecule has 1 saturated heterocycles. The van der Waals surface area contributed by atoms with Gasteiger partial charge in [-0.15, -0.1) is 0 Å². The van der Waals surface area contributed by atoms with E-state index < -0.39 is 5.97 Å². The van der Waals surface area contributed by atoms with Crippen molar-refractivity contribution in [1.82, 2.24) is 9.47 Å². The third-order valence-corrected chi connectivity index (χ3v) is 4.61. The molecule has 0 atom stereocenters. The van der Waals surface area contributed by atoms with Gasteiger partial charge < -0.3 is 19.7 Å². The first-order valence-electron chi connectivity index (χ1n) is 8.01.